The van der Waals surface area contributed by atoms with E-state index in [9.17, 15) is 10.1 Å². The van der Waals surface area contributed by atoms with Crippen molar-refractivity contribution in [3.8, 4) is 0 Å². The fourth-order valence-corrected chi connectivity index (χ4v) is 5.23. The maximum Gasteiger partial charge on any atom is 0.318 e. The molecule has 0 amide bonds. The molecule has 9 heteroatoms. The van der Waals surface area contributed by atoms with E-state index in [1.165, 1.54) is 23.1 Å². The number of hydrogen-bond donors (Lipinski definition) is 0. The van der Waals surface area contributed by atoms with Crippen LogP contribution in [-0.2, 0) is 9.47 Å². The first-order valence-electron chi connectivity index (χ1n) is 6.83. The molecule has 0 N–H and O–H groups in total. The lowest BCUT2D eigenvalue weighted by Crippen LogP contribution is -2.45. The molecule has 0 atom stereocenters. The Morgan fingerprint density at radius 2 is 2.05 bits per heavy atom. The molecular weight excluding hydrogens is 348 g/mol. The number of nitrogens with zero attached hydrogens (tertiary/aromatic N) is 2. The predicted molar refractivity (Wildman–Crippen MR) is 88.1 cm³/mol. The van der Waals surface area contributed by atoms with E-state index < -0.39 is 5.79 Å². The molecule has 0 radical (unpaired) electrons. The van der Waals surface area contributed by atoms with Gasteiger partial charge in [0.1, 0.15) is 14.2 Å². The summed E-state index contributed by atoms with van der Waals surface area (Å²) in [6.07, 6.45) is 1.36. The fraction of sp³-hybridized carbons (Fsp3) is 0.538. The van der Waals surface area contributed by atoms with Gasteiger partial charge in [0.15, 0.2) is 5.79 Å². The summed E-state index contributed by atoms with van der Waals surface area (Å²) in [5.41, 5.74) is 0.581. The molecule has 0 unspecified atom stereocenters. The van der Waals surface area contributed by atoms with E-state index in [-0.39, 0.29) is 10.6 Å². The van der Waals surface area contributed by atoms with Gasteiger partial charge in [-0.25, -0.2) is 0 Å². The van der Waals surface area contributed by atoms with Gasteiger partial charge in [-0.3, -0.25) is 10.1 Å². The van der Waals surface area contributed by atoms with Crippen molar-refractivity contribution < 1.29 is 14.4 Å². The van der Waals surface area contributed by atoms with Gasteiger partial charge in [-0.05, 0) is 5.41 Å². The Balaban J connectivity index is 1.85. The largest absolute Gasteiger partial charge is 0.364 e. The molecule has 2 saturated heterocycles. The molecule has 2 aliphatic rings. The minimum atomic E-state index is -0.507. The van der Waals surface area contributed by atoms with Crippen LogP contribution in [0.4, 0.5) is 11.4 Å². The van der Waals surface area contributed by atoms with Crippen molar-refractivity contribution in [3.63, 3.8) is 0 Å². The molecule has 22 heavy (non-hydrogen) atoms. The highest BCUT2D eigenvalue weighted by molar-refractivity contribution is 8.04. The average Bonchev–Trinajstić information content (AvgIpc) is 3.06. The van der Waals surface area contributed by atoms with E-state index in [0.717, 1.165) is 0 Å². The third-order valence-corrected chi connectivity index (χ3v) is 6.09. The molecule has 0 saturated carbocycles. The van der Waals surface area contributed by atoms with Crippen molar-refractivity contribution in [2.24, 2.45) is 0 Å². The van der Waals surface area contributed by atoms with Gasteiger partial charge >= 0.3 is 5.69 Å². The number of hydrogen-bond acceptors (Lipinski definition) is 7. The second kappa shape index (κ2) is 6.37. The first kappa shape index (κ1) is 16.1. The van der Waals surface area contributed by atoms with Crippen molar-refractivity contribution >= 4 is 46.1 Å². The fourth-order valence-electron chi connectivity index (χ4n) is 2.82. The van der Waals surface area contributed by atoms with E-state index >= 15 is 0 Å². The second-order valence-electron chi connectivity index (χ2n) is 5.00. The quantitative estimate of drug-likeness (QED) is 0.460. The topological polar surface area (TPSA) is 64.8 Å². The number of nitro groups is 1. The summed E-state index contributed by atoms with van der Waals surface area (Å²) in [6.45, 7) is 6.08. The third-order valence-electron chi connectivity index (χ3n) is 3.81. The number of ether oxygens (including phenoxy) is 2. The maximum atomic E-state index is 11.5. The van der Waals surface area contributed by atoms with Crippen molar-refractivity contribution in [3.05, 3.63) is 26.4 Å². The van der Waals surface area contributed by atoms with Crippen molar-refractivity contribution in [2.45, 2.75) is 22.8 Å². The highest BCUT2D eigenvalue weighted by Gasteiger charge is 2.42. The average molecular weight is 363 g/mol. The van der Waals surface area contributed by atoms with Gasteiger partial charge in [0, 0.05) is 25.9 Å². The van der Waals surface area contributed by atoms with Crippen LogP contribution in [0.25, 0.3) is 0 Å². The minimum Gasteiger partial charge on any atom is -0.364 e. The Morgan fingerprint density at radius 1 is 1.41 bits per heavy atom. The number of rotatable bonds is 4. The SMILES string of the molecule is C=CSc1sc(Cl)c(N2CCC3(CC2)OCCO3)c1[N+](=O)[O-]. The van der Waals surface area contributed by atoms with Gasteiger partial charge in [-0.1, -0.05) is 29.9 Å². The zero-order chi connectivity index (χ0) is 15.7. The molecule has 2 aliphatic heterocycles. The molecule has 6 nitrogen and oxygen atoms in total. The molecule has 2 fully saturated rings. The summed E-state index contributed by atoms with van der Waals surface area (Å²) in [5.74, 6) is -0.507. The summed E-state index contributed by atoms with van der Waals surface area (Å²) < 4.78 is 12.4. The minimum absolute atomic E-state index is 0.0732. The molecule has 1 aromatic rings. The molecule has 1 spiro atoms. The lowest BCUT2D eigenvalue weighted by Gasteiger charge is -2.38. The number of thioether (sulfide) groups is 1. The second-order valence-corrected chi connectivity index (χ2v) is 7.86. The van der Waals surface area contributed by atoms with E-state index in [1.54, 1.807) is 5.41 Å². The van der Waals surface area contributed by atoms with Crippen LogP contribution >= 0.6 is 34.7 Å². The van der Waals surface area contributed by atoms with Crippen molar-refractivity contribution in [1.29, 1.82) is 0 Å². The molecule has 0 bridgehead atoms. The summed E-state index contributed by atoms with van der Waals surface area (Å²) in [5, 5.41) is 13.0. The standard InChI is InChI=1S/C13H15ClN2O4S2/c1-2-21-12-10(16(17)18)9(11(14)22-12)15-5-3-13(4-6-15)19-7-8-20-13/h2H,1,3-8H2. The van der Waals surface area contributed by atoms with Gasteiger partial charge in [-0.2, -0.15) is 0 Å². The van der Waals surface area contributed by atoms with Gasteiger partial charge in [0.05, 0.1) is 18.1 Å². The Morgan fingerprint density at radius 3 is 2.59 bits per heavy atom. The predicted octanol–water partition coefficient (Wildman–Crippen LogP) is 3.89. The smallest absolute Gasteiger partial charge is 0.318 e. The van der Waals surface area contributed by atoms with E-state index in [0.29, 0.717) is 53.4 Å². The van der Waals surface area contributed by atoms with Crippen LogP contribution in [0.3, 0.4) is 0 Å². The molecular formula is C13H15ClN2O4S2. The van der Waals surface area contributed by atoms with Crippen LogP contribution in [0.15, 0.2) is 16.2 Å². The van der Waals surface area contributed by atoms with Crippen molar-refractivity contribution in [1.82, 2.24) is 0 Å². The highest BCUT2D eigenvalue weighted by atomic mass is 35.5. The molecule has 0 aromatic carbocycles. The van der Waals surface area contributed by atoms with Crippen LogP contribution in [0.2, 0.25) is 4.34 Å². The van der Waals surface area contributed by atoms with Gasteiger partial charge in [0.25, 0.3) is 0 Å². The normalized spacial score (nSPS) is 20.5. The van der Waals surface area contributed by atoms with Crippen LogP contribution < -0.4 is 4.90 Å². The van der Waals surface area contributed by atoms with Crippen LogP contribution in [-0.4, -0.2) is 37.0 Å². The summed E-state index contributed by atoms with van der Waals surface area (Å²) in [7, 11) is 0. The number of anilines is 1. The Hall–Kier alpha value is -0.800. The van der Waals surface area contributed by atoms with E-state index in [4.69, 9.17) is 21.1 Å². The molecule has 3 rings (SSSR count). The Kier molecular flexibility index (Phi) is 4.65. The van der Waals surface area contributed by atoms with Crippen LogP contribution in [0.5, 0.6) is 0 Å². The van der Waals surface area contributed by atoms with Crippen LogP contribution in [0.1, 0.15) is 12.8 Å². The summed E-state index contributed by atoms with van der Waals surface area (Å²) >= 11 is 8.73. The van der Waals surface area contributed by atoms with E-state index in [2.05, 4.69) is 6.58 Å². The van der Waals surface area contributed by atoms with E-state index in [1.807, 2.05) is 4.90 Å². The molecule has 1 aromatic heterocycles. The Bertz CT molecular complexity index is 591. The van der Waals surface area contributed by atoms with Crippen molar-refractivity contribution in [2.75, 3.05) is 31.2 Å². The first-order valence-corrected chi connectivity index (χ1v) is 8.91. The third kappa shape index (κ3) is 2.85. The first-order chi connectivity index (χ1) is 10.6. The lowest BCUT2D eigenvalue weighted by atomic mass is 10.0. The van der Waals surface area contributed by atoms with Gasteiger partial charge < -0.3 is 14.4 Å². The lowest BCUT2D eigenvalue weighted by molar-refractivity contribution is -0.386. The molecule has 120 valence electrons. The monoisotopic (exact) mass is 362 g/mol. The summed E-state index contributed by atoms with van der Waals surface area (Å²) in [4.78, 5) is 13.0. The molecule has 3 heterocycles. The van der Waals surface area contributed by atoms with Gasteiger partial charge in [-0.15, -0.1) is 11.3 Å². The summed E-state index contributed by atoms with van der Waals surface area (Å²) in [6, 6.07) is 0. The number of piperidine rings is 1. The molecule has 0 aliphatic carbocycles. The zero-order valence-electron chi connectivity index (χ0n) is 11.7. The number of halogens is 1. The highest BCUT2D eigenvalue weighted by Crippen LogP contribution is 2.51. The maximum absolute atomic E-state index is 11.5. The van der Waals surface area contributed by atoms with Gasteiger partial charge in [0.2, 0.25) is 0 Å². The number of thiophene rings is 1. The van der Waals surface area contributed by atoms with Crippen LogP contribution in [0, 0.1) is 10.1 Å². The zero-order valence-corrected chi connectivity index (χ0v) is 14.1. The Labute approximate surface area is 141 Å².